The van der Waals surface area contributed by atoms with Gasteiger partial charge in [0.1, 0.15) is 0 Å². The number of hydrogen-bond acceptors (Lipinski definition) is 4. The molecular formula is C20H34N2O2. The van der Waals surface area contributed by atoms with Crippen LogP contribution >= 0.6 is 0 Å². The summed E-state index contributed by atoms with van der Waals surface area (Å²) in [5.41, 5.74) is 1.01. The molecule has 2 unspecified atom stereocenters. The first-order valence-electron chi connectivity index (χ1n) is 9.43. The van der Waals surface area contributed by atoms with Gasteiger partial charge < -0.3 is 15.2 Å². The van der Waals surface area contributed by atoms with E-state index in [-0.39, 0.29) is 6.04 Å². The summed E-state index contributed by atoms with van der Waals surface area (Å²) in [5, 5.41) is 14.4. The monoisotopic (exact) mass is 334 g/mol. The quantitative estimate of drug-likeness (QED) is 0.646. The second-order valence-electron chi connectivity index (χ2n) is 7.19. The maximum absolute atomic E-state index is 10.8. The van der Waals surface area contributed by atoms with E-state index in [1.165, 1.54) is 0 Å². The minimum Gasteiger partial charge on any atom is -0.387 e. The van der Waals surface area contributed by atoms with Gasteiger partial charge in [-0.15, -0.1) is 0 Å². The van der Waals surface area contributed by atoms with Crippen LogP contribution in [0.15, 0.2) is 30.3 Å². The largest absolute Gasteiger partial charge is 0.387 e. The van der Waals surface area contributed by atoms with Crippen molar-refractivity contribution in [1.29, 1.82) is 0 Å². The molecule has 0 spiro atoms. The molecule has 2 atom stereocenters. The molecule has 0 saturated carbocycles. The summed E-state index contributed by atoms with van der Waals surface area (Å²) in [6, 6.07) is 10.1. The SMILES string of the molecule is CC(C)CCC(NCCCN1CCOCC1)C(O)c1ccccc1. The zero-order valence-electron chi connectivity index (χ0n) is 15.3. The Bertz CT molecular complexity index is 433. The van der Waals surface area contributed by atoms with Gasteiger partial charge in [-0.1, -0.05) is 44.2 Å². The van der Waals surface area contributed by atoms with Gasteiger partial charge in [-0.3, -0.25) is 4.90 Å². The van der Waals surface area contributed by atoms with E-state index in [0.717, 1.165) is 64.2 Å². The molecule has 4 nitrogen and oxygen atoms in total. The fourth-order valence-corrected chi connectivity index (χ4v) is 3.18. The first-order valence-corrected chi connectivity index (χ1v) is 9.43. The van der Waals surface area contributed by atoms with E-state index in [1.54, 1.807) is 0 Å². The van der Waals surface area contributed by atoms with E-state index in [4.69, 9.17) is 4.74 Å². The van der Waals surface area contributed by atoms with Crippen molar-refractivity contribution in [2.75, 3.05) is 39.4 Å². The third-order valence-corrected chi connectivity index (χ3v) is 4.74. The van der Waals surface area contributed by atoms with Crippen molar-refractivity contribution in [3.05, 3.63) is 35.9 Å². The maximum Gasteiger partial charge on any atom is 0.0942 e. The first kappa shape index (κ1) is 19.4. The second kappa shape index (κ2) is 10.8. The average Bonchev–Trinajstić information content (AvgIpc) is 2.62. The Labute approximate surface area is 147 Å². The van der Waals surface area contributed by atoms with Crippen LogP contribution in [0.25, 0.3) is 0 Å². The van der Waals surface area contributed by atoms with Crippen LogP contribution in [0.5, 0.6) is 0 Å². The molecule has 1 aliphatic heterocycles. The van der Waals surface area contributed by atoms with Crippen molar-refractivity contribution < 1.29 is 9.84 Å². The van der Waals surface area contributed by atoms with Gasteiger partial charge in [-0.05, 0) is 43.8 Å². The predicted octanol–water partition coefficient (Wildman–Crippen LogP) is 2.84. The second-order valence-corrected chi connectivity index (χ2v) is 7.19. The van der Waals surface area contributed by atoms with Crippen molar-refractivity contribution in [2.45, 2.75) is 45.3 Å². The molecule has 0 aliphatic carbocycles. The first-order chi connectivity index (χ1) is 11.7. The highest BCUT2D eigenvalue weighted by Gasteiger charge is 2.20. The van der Waals surface area contributed by atoms with E-state index in [0.29, 0.717) is 5.92 Å². The van der Waals surface area contributed by atoms with Gasteiger partial charge in [0, 0.05) is 19.1 Å². The zero-order chi connectivity index (χ0) is 17.2. The highest BCUT2D eigenvalue weighted by molar-refractivity contribution is 5.18. The number of morpholine rings is 1. The lowest BCUT2D eigenvalue weighted by Gasteiger charge is -2.28. The fraction of sp³-hybridized carbons (Fsp3) is 0.700. The van der Waals surface area contributed by atoms with Crippen molar-refractivity contribution in [1.82, 2.24) is 10.2 Å². The topological polar surface area (TPSA) is 44.7 Å². The third-order valence-electron chi connectivity index (χ3n) is 4.74. The minimum absolute atomic E-state index is 0.125. The molecule has 1 saturated heterocycles. The van der Waals surface area contributed by atoms with Gasteiger partial charge in [-0.25, -0.2) is 0 Å². The van der Waals surface area contributed by atoms with E-state index >= 15 is 0 Å². The molecule has 1 heterocycles. The lowest BCUT2D eigenvalue weighted by Crippen LogP contribution is -2.40. The smallest absolute Gasteiger partial charge is 0.0942 e. The Hall–Kier alpha value is -0.940. The molecule has 1 fully saturated rings. The van der Waals surface area contributed by atoms with Crippen molar-refractivity contribution in [3.8, 4) is 0 Å². The summed E-state index contributed by atoms with van der Waals surface area (Å²) < 4.78 is 5.39. The van der Waals surface area contributed by atoms with E-state index < -0.39 is 6.10 Å². The number of aliphatic hydroxyl groups is 1. The summed E-state index contributed by atoms with van der Waals surface area (Å²) in [5.74, 6) is 0.658. The molecule has 136 valence electrons. The zero-order valence-corrected chi connectivity index (χ0v) is 15.3. The van der Waals surface area contributed by atoms with Crippen molar-refractivity contribution in [3.63, 3.8) is 0 Å². The number of hydrogen-bond donors (Lipinski definition) is 2. The van der Waals surface area contributed by atoms with Crippen LogP contribution in [-0.4, -0.2) is 55.4 Å². The third kappa shape index (κ3) is 6.89. The normalized spacial score (nSPS) is 18.7. The van der Waals surface area contributed by atoms with Crippen LogP contribution in [0, 0.1) is 5.92 Å². The van der Waals surface area contributed by atoms with E-state index in [2.05, 4.69) is 24.1 Å². The average molecular weight is 335 g/mol. The number of nitrogens with one attached hydrogen (secondary N) is 1. The maximum atomic E-state index is 10.8. The van der Waals surface area contributed by atoms with Crippen molar-refractivity contribution >= 4 is 0 Å². The molecular weight excluding hydrogens is 300 g/mol. The number of benzene rings is 1. The Morgan fingerprint density at radius 1 is 1.12 bits per heavy atom. The van der Waals surface area contributed by atoms with Gasteiger partial charge in [0.15, 0.2) is 0 Å². The molecule has 0 amide bonds. The number of rotatable bonds is 10. The summed E-state index contributed by atoms with van der Waals surface area (Å²) in [6.45, 7) is 10.3. The molecule has 4 heteroatoms. The Morgan fingerprint density at radius 2 is 1.83 bits per heavy atom. The number of ether oxygens (including phenoxy) is 1. The summed E-state index contributed by atoms with van der Waals surface area (Å²) >= 11 is 0. The van der Waals surface area contributed by atoms with Gasteiger partial charge in [-0.2, -0.15) is 0 Å². The fourth-order valence-electron chi connectivity index (χ4n) is 3.18. The summed E-state index contributed by atoms with van der Waals surface area (Å²) in [7, 11) is 0. The highest BCUT2D eigenvalue weighted by Crippen LogP contribution is 2.21. The minimum atomic E-state index is -0.437. The van der Waals surface area contributed by atoms with Crippen LogP contribution in [0.2, 0.25) is 0 Å². The molecule has 1 aromatic carbocycles. The van der Waals surface area contributed by atoms with Gasteiger partial charge >= 0.3 is 0 Å². The highest BCUT2D eigenvalue weighted by atomic mass is 16.5. The van der Waals surface area contributed by atoms with Gasteiger partial charge in [0.2, 0.25) is 0 Å². The van der Waals surface area contributed by atoms with Crippen LogP contribution < -0.4 is 5.32 Å². The van der Waals surface area contributed by atoms with Crippen LogP contribution in [-0.2, 0) is 4.74 Å². The molecule has 2 N–H and O–H groups in total. The number of nitrogens with zero attached hydrogens (tertiary/aromatic N) is 1. The van der Waals surface area contributed by atoms with Crippen LogP contribution in [0.4, 0.5) is 0 Å². The number of aliphatic hydroxyl groups excluding tert-OH is 1. The lowest BCUT2D eigenvalue weighted by atomic mass is 9.95. The molecule has 2 rings (SSSR count). The molecule has 1 aliphatic rings. The van der Waals surface area contributed by atoms with Gasteiger partial charge in [0.05, 0.1) is 19.3 Å². The molecule has 1 aromatic rings. The van der Waals surface area contributed by atoms with Crippen molar-refractivity contribution in [2.24, 2.45) is 5.92 Å². The van der Waals surface area contributed by atoms with E-state index in [9.17, 15) is 5.11 Å². The molecule has 0 bridgehead atoms. The Balaban J connectivity index is 1.79. The van der Waals surface area contributed by atoms with E-state index in [1.807, 2.05) is 30.3 Å². The van der Waals surface area contributed by atoms with Crippen LogP contribution in [0.3, 0.4) is 0 Å². The Kier molecular flexibility index (Phi) is 8.75. The summed E-state index contributed by atoms with van der Waals surface area (Å²) in [4.78, 5) is 2.46. The standard InChI is InChI=1S/C20H34N2O2/c1-17(2)9-10-19(20(23)18-7-4-3-5-8-18)21-11-6-12-22-13-15-24-16-14-22/h3-5,7-8,17,19-21,23H,6,9-16H2,1-2H3. The van der Waals surface area contributed by atoms with Gasteiger partial charge in [0.25, 0.3) is 0 Å². The summed E-state index contributed by atoms with van der Waals surface area (Å²) in [6.07, 6.45) is 2.81. The molecule has 0 aromatic heterocycles. The molecule has 0 radical (unpaired) electrons. The van der Waals surface area contributed by atoms with Crippen LogP contribution in [0.1, 0.15) is 44.8 Å². The predicted molar refractivity (Wildman–Crippen MR) is 99.1 cm³/mol. The Morgan fingerprint density at radius 3 is 2.50 bits per heavy atom. The lowest BCUT2D eigenvalue weighted by molar-refractivity contribution is 0.0370. The molecule has 24 heavy (non-hydrogen) atoms.